The van der Waals surface area contributed by atoms with Crippen LogP contribution in [0.3, 0.4) is 0 Å². The second-order valence-corrected chi connectivity index (χ2v) is 5.39. The van der Waals surface area contributed by atoms with Gasteiger partial charge in [-0.3, -0.25) is 4.79 Å². The van der Waals surface area contributed by atoms with Crippen LogP contribution in [-0.4, -0.2) is 16.9 Å². The molecule has 0 radical (unpaired) electrons. The van der Waals surface area contributed by atoms with Crippen molar-refractivity contribution in [1.29, 1.82) is 0 Å². The SMILES string of the molecule is CC(Cc1ccc(F)cc1)NC(=O)c1ncccc1Br. The Morgan fingerprint density at radius 1 is 1.35 bits per heavy atom. The van der Waals surface area contributed by atoms with Gasteiger partial charge in [-0.15, -0.1) is 0 Å². The summed E-state index contributed by atoms with van der Waals surface area (Å²) >= 11 is 3.30. The number of rotatable bonds is 4. The summed E-state index contributed by atoms with van der Waals surface area (Å²) in [7, 11) is 0. The van der Waals surface area contributed by atoms with Crippen LogP contribution in [0.25, 0.3) is 0 Å². The molecule has 1 N–H and O–H groups in total. The summed E-state index contributed by atoms with van der Waals surface area (Å²) in [5.41, 5.74) is 1.33. The molecule has 0 aliphatic heterocycles. The number of amides is 1. The molecule has 20 heavy (non-hydrogen) atoms. The molecule has 1 heterocycles. The number of carbonyl (C=O) groups excluding carboxylic acids is 1. The minimum atomic E-state index is -0.261. The maximum atomic E-state index is 12.8. The van der Waals surface area contributed by atoms with Crippen LogP contribution in [0.5, 0.6) is 0 Å². The van der Waals surface area contributed by atoms with E-state index in [0.29, 0.717) is 16.6 Å². The summed E-state index contributed by atoms with van der Waals surface area (Å²) in [5, 5.41) is 2.87. The predicted octanol–water partition coefficient (Wildman–Crippen LogP) is 3.34. The first-order valence-corrected chi connectivity index (χ1v) is 7.01. The molecule has 0 spiro atoms. The van der Waals surface area contributed by atoms with Crippen LogP contribution in [0.1, 0.15) is 23.0 Å². The fourth-order valence-electron chi connectivity index (χ4n) is 1.87. The van der Waals surface area contributed by atoms with Gasteiger partial charge in [0.1, 0.15) is 11.5 Å². The minimum Gasteiger partial charge on any atom is -0.348 e. The van der Waals surface area contributed by atoms with Gasteiger partial charge in [0.25, 0.3) is 5.91 Å². The van der Waals surface area contributed by atoms with E-state index in [1.165, 1.54) is 12.1 Å². The second kappa shape index (κ2) is 6.61. The highest BCUT2D eigenvalue weighted by Crippen LogP contribution is 2.13. The number of hydrogen-bond acceptors (Lipinski definition) is 2. The topological polar surface area (TPSA) is 42.0 Å². The molecule has 2 rings (SSSR count). The van der Waals surface area contributed by atoms with Crippen molar-refractivity contribution in [2.75, 3.05) is 0 Å². The van der Waals surface area contributed by atoms with E-state index in [2.05, 4.69) is 26.2 Å². The third-order valence-corrected chi connectivity index (χ3v) is 3.45. The normalized spacial score (nSPS) is 11.9. The molecule has 5 heteroatoms. The standard InChI is InChI=1S/C15H14BrFN2O/c1-10(9-11-4-6-12(17)7-5-11)19-15(20)14-13(16)3-2-8-18-14/h2-8,10H,9H2,1H3,(H,19,20). The van der Waals surface area contributed by atoms with Crippen molar-refractivity contribution < 1.29 is 9.18 Å². The lowest BCUT2D eigenvalue weighted by molar-refractivity contribution is 0.0934. The van der Waals surface area contributed by atoms with Gasteiger partial charge in [-0.05, 0) is 59.1 Å². The smallest absolute Gasteiger partial charge is 0.271 e. The minimum absolute atomic E-state index is 0.0677. The number of benzene rings is 1. The van der Waals surface area contributed by atoms with Crippen molar-refractivity contribution in [2.45, 2.75) is 19.4 Å². The van der Waals surface area contributed by atoms with Crippen LogP contribution in [0.15, 0.2) is 47.1 Å². The van der Waals surface area contributed by atoms with Gasteiger partial charge >= 0.3 is 0 Å². The number of nitrogens with zero attached hydrogens (tertiary/aromatic N) is 1. The molecule has 1 aromatic carbocycles. The molecular weight excluding hydrogens is 323 g/mol. The highest BCUT2D eigenvalue weighted by atomic mass is 79.9. The molecule has 1 amide bonds. The van der Waals surface area contributed by atoms with Crippen LogP contribution in [0.2, 0.25) is 0 Å². The lowest BCUT2D eigenvalue weighted by atomic mass is 10.1. The number of hydrogen-bond donors (Lipinski definition) is 1. The van der Waals surface area contributed by atoms with Crippen LogP contribution < -0.4 is 5.32 Å². The van der Waals surface area contributed by atoms with Crippen molar-refractivity contribution in [1.82, 2.24) is 10.3 Å². The average Bonchev–Trinajstić information content (AvgIpc) is 2.41. The van der Waals surface area contributed by atoms with Gasteiger partial charge in [0.2, 0.25) is 0 Å². The van der Waals surface area contributed by atoms with E-state index in [0.717, 1.165) is 5.56 Å². The first kappa shape index (κ1) is 14.7. The van der Waals surface area contributed by atoms with E-state index in [-0.39, 0.29) is 17.8 Å². The third kappa shape index (κ3) is 3.87. The highest BCUT2D eigenvalue weighted by molar-refractivity contribution is 9.10. The number of carbonyl (C=O) groups is 1. The van der Waals surface area contributed by atoms with Gasteiger partial charge < -0.3 is 5.32 Å². The number of nitrogens with one attached hydrogen (secondary N) is 1. The van der Waals surface area contributed by atoms with Crippen molar-refractivity contribution in [2.24, 2.45) is 0 Å². The summed E-state index contributed by atoms with van der Waals surface area (Å²) in [4.78, 5) is 16.1. The summed E-state index contributed by atoms with van der Waals surface area (Å²) in [6, 6.07) is 9.72. The Bertz CT molecular complexity index is 601. The van der Waals surface area contributed by atoms with E-state index in [4.69, 9.17) is 0 Å². The van der Waals surface area contributed by atoms with Crippen molar-refractivity contribution in [3.05, 3.63) is 64.1 Å². The number of halogens is 2. The lowest BCUT2D eigenvalue weighted by Gasteiger charge is -2.14. The summed E-state index contributed by atoms with van der Waals surface area (Å²) < 4.78 is 13.5. The molecule has 2 aromatic rings. The van der Waals surface area contributed by atoms with Gasteiger partial charge in [0.05, 0.1) is 0 Å². The van der Waals surface area contributed by atoms with Crippen LogP contribution >= 0.6 is 15.9 Å². The largest absolute Gasteiger partial charge is 0.348 e. The van der Waals surface area contributed by atoms with E-state index < -0.39 is 0 Å². The Morgan fingerprint density at radius 3 is 2.70 bits per heavy atom. The van der Waals surface area contributed by atoms with Crippen molar-refractivity contribution in [3.63, 3.8) is 0 Å². The van der Waals surface area contributed by atoms with Crippen molar-refractivity contribution >= 4 is 21.8 Å². The monoisotopic (exact) mass is 336 g/mol. The Hall–Kier alpha value is -1.75. The molecule has 1 atom stereocenters. The molecule has 0 bridgehead atoms. The molecule has 0 saturated heterocycles. The zero-order chi connectivity index (χ0) is 14.5. The van der Waals surface area contributed by atoms with Gasteiger partial charge in [-0.25, -0.2) is 9.37 Å². The average molecular weight is 337 g/mol. The summed E-state index contributed by atoms with van der Waals surface area (Å²) in [5.74, 6) is -0.491. The van der Waals surface area contributed by atoms with E-state index in [1.807, 2.05) is 6.92 Å². The third-order valence-electron chi connectivity index (χ3n) is 2.81. The molecule has 104 valence electrons. The first-order chi connectivity index (χ1) is 9.56. The molecule has 0 saturated carbocycles. The zero-order valence-electron chi connectivity index (χ0n) is 10.9. The quantitative estimate of drug-likeness (QED) is 0.930. The Morgan fingerprint density at radius 2 is 2.05 bits per heavy atom. The molecule has 0 aliphatic rings. The Balaban J connectivity index is 1.98. The Kier molecular flexibility index (Phi) is 4.84. The highest BCUT2D eigenvalue weighted by Gasteiger charge is 2.14. The number of pyridine rings is 1. The van der Waals surface area contributed by atoms with Crippen molar-refractivity contribution in [3.8, 4) is 0 Å². The van der Waals surface area contributed by atoms with Gasteiger partial charge in [0, 0.05) is 16.7 Å². The lowest BCUT2D eigenvalue weighted by Crippen LogP contribution is -2.34. The predicted molar refractivity (Wildman–Crippen MR) is 79.0 cm³/mol. The van der Waals surface area contributed by atoms with Crippen LogP contribution in [0, 0.1) is 5.82 Å². The molecular formula is C15H14BrFN2O. The van der Waals surface area contributed by atoms with E-state index >= 15 is 0 Å². The molecule has 0 aliphatic carbocycles. The van der Waals surface area contributed by atoms with Gasteiger partial charge in [0.15, 0.2) is 0 Å². The summed E-state index contributed by atoms with van der Waals surface area (Å²) in [6.45, 7) is 1.90. The second-order valence-electron chi connectivity index (χ2n) is 4.54. The van der Waals surface area contributed by atoms with E-state index in [9.17, 15) is 9.18 Å². The van der Waals surface area contributed by atoms with Crippen LogP contribution in [-0.2, 0) is 6.42 Å². The Labute approximate surface area is 125 Å². The maximum absolute atomic E-state index is 12.8. The van der Waals surface area contributed by atoms with E-state index in [1.54, 1.807) is 30.5 Å². The summed E-state index contributed by atoms with van der Waals surface area (Å²) in [6.07, 6.45) is 2.21. The molecule has 0 fully saturated rings. The zero-order valence-corrected chi connectivity index (χ0v) is 12.5. The fraction of sp³-hybridized carbons (Fsp3) is 0.200. The molecule has 1 unspecified atom stereocenters. The first-order valence-electron chi connectivity index (χ1n) is 6.22. The van der Waals surface area contributed by atoms with Crippen LogP contribution in [0.4, 0.5) is 4.39 Å². The maximum Gasteiger partial charge on any atom is 0.271 e. The molecule has 3 nitrogen and oxygen atoms in total. The number of aromatic nitrogens is 1. The fourth-order valence-corrected chi connectivity index (χ4v) is 2.31. The van der Waals surface area contributed by atoms with Gasteiger partial charge in [-0.1, -0.05) is 12.1 Å². The van der Waals surface area contributed by atoms with Gasteiger partial charge in [-0.2, -0.15) is 0 Å². The molecule has 1 aromatic heterocycles.